The van der Waals surface area contributed by atoms with Crippen LogP contribution in [0.5, 0.6) is 0 Å². The van der Waals surface area contributed by atoms with Crippen molar-refractivity contribution < 1.29 is 19.1 Å². The molecule has 2 N–H and O–H groups in total. The van der Waals surface area contributed by atoms with E-state index >= 15 is 0 Å². The quantitative estimate of drug-likeness (QED) is 0.530. The zero-order valence-electron chi connectivity index (χ0n) is 21.3. The minimum absolute atomic E-state index is 0.0396. The number of unbranched alkanes of at least 4 members (excludes halogenated alkanes) is 1. The van der Waals surface area contributed by atoms with Gasteiger partial charge in [0.05, 0.1) is 0 Å². The SMILES string of the molecule is CCCCNC(=O)C(c1cc(C)ccc1C)N(C(=O)C(C)NC(=O)OC(C)(C)C)C1CCC1. The zero-order chi connectivity index (χ0) is 24.8. The summed E-state index contributed by atoms with van der Waals surface area (Å²) in [7, 11) is 0. The number of rotatable bonds is 9. The first-order chi connectivity index (χ1) is 15.4. The molecule has 0 spiro atoms. The number of carbonyl (C=O) groups is 3. The second kappa shape index (κ2) is 11.5. The summed E-state index contributed by atoms with van der Waals surface area (Å²) in [6.45, 7) is 13.6. The summed E-state index contributed by atoms with van der Waals surface area (Å²) in [5.41, 5.74) is 2.15. The maximum Gasteiger partial charge on any atom is 0.408 e. The molecule has 0 heterocycles. The first-order valence-electron chi connectivity index (χ1n) is 12.1. The van der Waals surface area contributed by atoms with Crippen LogP contribution in [0.1, 0.15) is 89.5 Å². The van der Waals surface area contributed by atoms with Gasteiger partial charge in [-0.25, -0.2) is 4.79 Å². The maximum absolute atomic E-state index is 13.7. The Kier molecular flexibility index (Phi) is 9.32. The Morgan fingerprint density at radius 1 is 1.18 bits per heavy atom. The number of hydrogen-bond acceptors (Lipinski definition) is 4. The Morgan fingerprint density at radius 3 is 2.39 bits per heavy atom. The molecular weight excluding hydrogens is 418 g/mol. The van der Waals surface area contributed by atoms with E-state index in [-0.39, 0.29) is 17.9 Å². The highest BCUT2D eigenvalue weighted by molar-refractivity contribution is 5.92. The van der Waals surface area contributed by atoms with Crippen LogP contribution < -0.4 is 10.6 Å². The molecule has 2 rings (SSSR count). The fraction of sp³-hybridized carbons (Fsp3) is 0.654. The van der Waals surface area contributed by atoms with E-state index in [4.69, 9.17) is 4.74 Å². The second-order valence-electron chi connectivity index (χ2n) is 10.1. The standard InChI is InChI=1S/C26H41N3O4/c1-8-9-15-27-23(30)22(21-16-17(2)13-14-18(21)3)29(20-11-10-12-20)24(31)19(4)28-25(32)33-26(5,6)7/h13-14,16,19-20,22H,8-12,15H2,1-7H3,(H,27,30)(H,28,32). The number of benzene rings is 1. The zero-order valence-corrected chi connectivity index (χ0v) is 21.3. The molecular formula is C26H41N3O4. The van der Waals surface area contributed by atoms with Crippen molar-refractivity contribution in [2.45, 2.75) is 104 Å². The van der Waals surface area contributed by atoms with Gasteiger partial charge in [-0.15, -0.1) is 0 Å². The van der Waals surface area contributed by atoms with Gasteiger partial charge in [0.2, 0.25) is 11.8 Å². The van der Waals surface area contributed by atoms with Crippen molar-refractivity contribution in [1.29, 1.82) is 0 Å². The Labute approximate surface area is 198 Å². The molecule has 0 bridgehead atoms. The van der Waals surface area contributed by atoms with Gasteiger partial charge in [0.15, 0.2) is 0 Å². The van der Waals surface area contributed by atoms with Crippen LogP contribution in [0.15, 0.2) is 18.2 Å². The van der Waals surface area contributed by atoms with Gasteiger partial charge in [0.25, 0.3) is 0 Å². The average Bonchev–Trinajstić information content (AvgIpc) is 2.66. The summed E-state index contributed by atoms with van der Waals surface area (Å²) in [5, 5.41) is 5.69. The largest absolute Gasteiger partial charge is 0.444 e. The Bertz CT molecular complexity index is 842. The lowest BCUT2D eigenvalue weighted by molar-refractivity contribution is -0.147. The third kappa shape index (κ3) is 7.47. The Morgan fingerprint density at radius 2 is 1.85 bits per heavy atom. The van der Waals surface area contributed by atoms with Crippen molar-refractivity contribution in [3.8, 4) is 0 Å². The monoisotopic (exact) mass is 459 g/mol. The molecule has 2 unspecified atom stereocenters. The highest BCUT2D eigenvalue weighted by Gasteiger charge is 2.41. The molecule has 7 nitrogen and oxygen atoms in total. The molecule has 1 aliphatic carbocycles. The average molecular weight is 460 g/mol. The molecule has 1 aromatic rings. The van der Waals surface area contributed by atoms with Gasteiger partial charge in [0.1, 0.15) is 17.7 Å². The van der Waals surface area contributed by atoms with Crippen LogP contribution in [0.2, 0.25) is 0 Å². The van der Waals surface area contributed by atoms with Gasteiger partial charge < -0.3 is 20.3 Å². The van der Waals surface area contributed by atoms with E-state index in [2.05, 4.69) is 17.6 Å². The maximum atomic E-state index is 13.7. The number of aryl methyl sites for hydroxylation is 2. The van der Waals surface area contributed by atoms with Gasteiger partial charge >= 0.3 is 6.09 Å². The third-order valence-electron chi connectivity index (χ3n) is 5.91. The molecule has 1 fully saturated rings. The number of amides is 3. The number of ether oxygens (including phenoxy) is 1. The summed E-state index contributed by atoms with van der Waals surface area (Å²) in [5.74, 6) is -0.455. The predicted molar refractivity (Wildman–Crippen MR) is 130 cm³/mol. The van der Waals surface area contributed by atoms with E-state index in [0.717, 1.165) is 48.8 Å². The molecule has 0 saturated heterocycles. The van der Waals surface area contributed by atoms with E-state index in [1.54, 1.807) is 32.6 Å². The molecule has 2 atom stereocenters. The highest BCUT2D eigenvalue weighted by atomic mass is 16.6. The van der Waals surface area contributed by atoms with Crippen LogP contribution in [0, 0.1) is 13.8 Å². The number of nitrogens with one attached hydrogen (secondary N) is 2. The van der Waals surface area contributed by atoms with E-state index < -0.39 is 23.8 Å². The minimum Gasteiger partial charge on any atom is -0.444 e. The molecule has 33 heavy (non-hydrogen) atoms. The summed E-state index contributed by atoms with van der Waals surface area (Å²) < 4.78 is 5.33. The molecule has 0 aliphatic heterocycles. The molecule has 1 aromatic carbocycles. The number of hydrogen-bond donors (Lipinski definition) is 2. The van der Waals surface area contributed by atoms with E-state index in [1.165, 1.54) is 0 Å². The molecule has 1 saturated carbocycles. The molecule has 7 heteroatoms. The first-order valence-corrected chi connectivity index (χ1v) is 12.1. The van der Waals surface area contributed by atoms with Crippen molar-refractivity contribution in [3.05, 3.63) is 34.9 Å². The normalized spacial score (nSPS) is 15.7. The lowest BCUT2D eigenvalue weighted by Crippen LogP contribution is -2.56. The summed E-state index contributed by atoms with van der Waals surface area (Å²) in [6, 6.07) is 4.38. The van der Waals surface area contributed by atoms with Gasteiger partial charge in [-0.3, -0.25) is 9.59 Å². The predicted octanol–water partition coefficient (Wildman–Crippen LogP) is 4.56. The fourth-order valence-electron chi connectivity index (χ4n) is 3.91. The Hall–Kier alpha value is -2.57. The number of nitrogens with zero attached hydrogens (tertiary/aromatic N) is 1. The van der Waals surface area contributed by atoms with Crippen LogP contribution in [0.3, 0.4) is 0 Å². The van der Waals surface area contributed by atoms with Crippen LogP contribution in [0.4, 0.5) is 4.79 Å². The second-order valence-corrected chi connectivity index (χ2v) is 10.1. The van der Waals surface area contributed by atoms with Crippen molar-refractivity contribution in [2.75, 3.05) is 6.54 Å². The summed E-state index contributed by atoms with van der Waals surface area (Å²) in [6.07, 6.45) is 3.89. The topological polar surface area (TPSA) is 87.7 Å². The number of carbonyl (C=O) groups excluding carboxylic acids is 3. The van der Waals surface area contributed by atoms with Crippen molar-refractivity contribution in [1.82, 2.24) is 15.5 Å². The first kappa shape index (κ1) is 26.7. The van der Waals surface area contributed by atoms with Gasteiger partial charge in [0, 0.05) is 12.6 Å². The molecule has 3 amide bonds. The van der Waals surface area contributed by atoms with Crippen molar-refractivity contribution in [2.24, 2.45) is 0 Å². The van der Waals surface area contributed by atoms with Crippen molar-refractivity contribution >= 4 is 17.9 Å². The molecule has 1 aliphatic rings. The molecule has 0 radical (unpaired) electrons. The van der Waals surface area contributed by atoms with Gasteiger partial charge in [-0.05, 0) is 78.4 Å². The van der Waals surface area contributed by atoms with E-state index in [1.807, 2.05) is 32.0 Å². The van der Waals surface area contributed by atoms with Gasteiger partial charge in [-0.1, -0.05) is 37.1 Å². The fourth-order valence-corrected chi connectivity index (χ4v) is 3.91. The van der Waals surface area contributed by atoms with Crippen LogP contribution in [-0.4, -0.2) is 47.0 Å². The smallest absolute Gasteiger partial charge is 0.408 e. The molecule has 184 valence electrons. The Balaban J connectivity index is 2.39. The molecule has 0 aromatic heterocycles. The van der Waals surface area contributed by atoms with Crippen LogP contribution in [0.25, 0.3) is 0 Å². The summed E-state index contributed by atoms with van der Waals surface area (Å²) in [4.78, 5) is 41.2. The highest BCUT2D eigenvalue weighted by Crippen LogP contribution is 2.35. The van der Waals surface area contributed by atoms with Crippen LogP contribution >= 0.6 is 0 Å². The lowest BCUT2D eigenvalue weighted by atomic mass is 9.87. The van der Waals surface area contributed by atoms with Crippen molar-refractivity contribution in [3.63, 3.8) is 0 Å². The number of alkyl carbamates (subject to hydrolysis) is 1. The lowest BCUT2D eigenvalue weighted by Gasteiger charge is -2.43. The van der Waals surface area contributed by atoms with Gasteiger partial charge in [-0.2, -0.15) is 0 Å². The van der Waals surface area contributed by atoms with E-state index in [9.17, 15) is 14.4 Å². The summed E-state index contributed by atoms with van der Waals surface area (Å²) >= 11 is 0. The van der Waals surface area contributed by atoms with E-state index in [0.29, 0.717) is 6.54 Å². The third-order valence-corrected chi connectivity index (χ3v) is 5.91. The minimum atomic E-state index is -0.823. The van der Waals surface area contributed by atoms with Crippen LogP contribution in [-0.2, 0) is 14.3 Å².